The molecular formula is C37H79ClNO4+. The molecule has 0 spiro atoms. The third-order valence-corrected chi connectivity index (χ3v) is 9.15. The SMILES string of the molecule is CCCCCCCCCCCC[N+](C)(CCCCCCCCCCCC)CCCCCCCCCCCC.[O-][Cl+3]([O-])([O-])O. The molecule has 0 fully saturated rings. The molecule has 0 aromatic heterocycles. The van der Waals surface area contributed by atoms with Gasteiger partial charge in [-0.25, -0.2) is 0 Å². The molecule has 0 atom stereocenters. The molecule has 0 unspecified atom stereocenters. The van der Waals surface area contributed by atoms with Crippen LogP contribution in [0.1, 0.15) is 213 Å². The van der Waals surface area contributed by atoms with Gasteiger partial charge in [-0.2, -0.15) is 14.0 Å². The molecular weight excluding hydrogens is 558 g/mol. The summed E-state index contributed by atoms with van der Waals surface area (Å²) in [6, 6.07) is 0. The van der Waals surface area contributed by atoms with Crippen molar-refractivity contribution < 1.29 is 33.4 Å². The molecule has 0 aromatic carbocycles. The molecule has 6 heteroatoms. The van der Waals surface area contributed by atoms with E-state index in [9.17, 15) is 0 Å². The summed E-state index contributed by atoms with van der Waals surface area (Å²) in [5.41, 5.74) is 0. The monoisotopic (exact) mass is 637 g/mol. The highest BCUT2D eigenvalue weighted by Gasteiger charge is 2.20. The van der Waals surface area contributed by atoms with Gasteiger partial charge in [-0.05, 0) is 38.5 Å². The van der Waals surface area contributed by atoms with Crippen molar-refractivity contribution in [1.82, 2.24) is 0 Å². The molecule has 1 N–H and O–H groups in total. The van der Waals surface area contributed by atoms with Crippen molar-refractivity contribution >= 4 is 0 Å². The van der Waals surface area contributed by atoms with E-state index in [0.29, 0.717) is 0 Å². The maximum absolute atomic E-state index is 8.60. The summed E-state index contributed by atoms with van der Waals surface area (Å²) in [4.78, 5) is 0. The topological polar surface area (TPSA) is 89.4 Å². The van der Waals surface area contributed by atoms with Crippen LogP contribution in [0.4, 0.5) is 0 Å². The molecule has 0 saturated carbocycles. The largest absolute Gasteiger partial charge is 0.326 e. The summed E-state index contributed by atoms with van der Waals surface area (Å²) in [6.07, 6.45) is 43.8. The average molecular weight is 637 g/mol. The fraction of sp³-hybridized carbons (Fsp3) is 1.00. The zero-order valence-corrected chi connectivity index (χ0v) is 30.6. The van der Waals surface area contributed by atoms with Crippen LogP contribution in [0, 0.1) is 10.2 Å². The second-order valence-corrected chi connectivity index (χ2v) is 14.5. The minimum absolute atomic E-state index is 1.37. The van der Waals surface area contributed by atoms with Crippen LogP contribution in [0.25, 0.3) is 0 Å². The molecule has 0 amide bonds. The van der Waals surface area contributed by atoms with Crippen molar-refractivity contribution in [3.05, 3.63) is 0 Å². The van der Waals surface area contributed by atoms with Gasteiger partial charge in [-0.3, -0.25) is 0 Å². The van der Waals surface area contributed by atoms with Crippen LogP contribution in [-0.4, -0.2) is 35.8 Å². The molecule has 0 radical (unpaired) electrons. The molecule has 0 aliphatic heterocycles. The third-order valence-electron chi connectivity index (χ3n) is 9.15. The second-order valence-electron chi connectivity index (χ2n) is 13.7. The van der Waals surface area contributed by atoms with Gasteiger partial charge in [0.2, 0.25) is 0 Å². The lowest BCUT2D eigenvalue weighted by molar-refractivity contribution is -1.92. The van der Waals surface area contributed by atoms with Crippen LogP contribution >= 0.6 is 0 Å². The van der Waals surface area contributed by atoms with Gasteiger partial charge in [0.15, 0.2) is 0 Å². The maximum Gasteiger partial charge on any atom is 0.0784 e. The first-order valence-corrected chi connectivity index (χ1v) is 20.4. The molecule has 262 valence electrons. The third kappa shape index (κ3) is 44.3. The summed E-state index contributed by atoms with van der Waals surface area (Å²) in [5, 5.41) is 0. The van der Waals surface area contributed by atoms with E-state index < -0.39 is 10.2 Å². The molecule has 0 saturated heterocycles. The number of nitrogens with zero attached hydrogens (tertiary/aromatic N) is 1. The summed E-state index contributed by atoms with van der Waals surface area (Å²) < 4.78 is 34.1. The van der Waals surface area contributed by atoms with E-state index in [0.717, 1.165) is 0 Å². The fourth-order valence-corrected chi connectivity index (χ4v) is 6.28. The zero-order valence-electron chi connectivity index (χ0n) is 29.8. The van der Waals surface area contributed by atoms with E-state index in [4.69, 9.17) is 18.6 Å². The Labute approximate surface area is 272 Å². The predicted molar refractivity (Wildman–Crippen MR) is 179 cm³/mol. The number of quaternary nitrogens is 1. The van der Waals surface area contributed by atoms with E-state index >= 15 is 0 Å². The zero-order chi connectivity index (χ0) is 32.3. The van der Waals surface area contributed by atoms with E-state index in [1.165, 1.54) is 217 Å². The van der Waals surface area contributed by atoms with Crippen LogP contribution in [0.3, 0.4) is 0 Å². The van der Waals surface area contributed by atoms with Crippen molar-refractivity contribution in [1.29, 1.82) is 0 Å². The van der Waals surface area contributed by atoms with E-state index in [-0.39, 0.29) is 0 Å². The lowest BCUT2D eigenvalue weighted by Crippen LogP contribution is -2.58. The Kier molecular flexibility index (Phi) is 36.8. The van der Waals surface area contributed by atoms with Crippen molar-refractivity contribution in [3.8, 4) is 0 Å². The number of halogens is 1. The Hall–Kier alpha value is 0.0900. The minimum Gasteiger partial charge on any atom is -0.326 e. The molecule has 0 aliphatic carbocycles. The first-order valence-electron chi connectivity index (χ1n) is 19.1. The van der Waals surface area contributed by atoms with Gasteiger partial charge in [-0.1, -0.05) is 175 Å². The number of unbranched alkanes of at least 4 members (excludes halogenated alkanes) is 27. The highest BCUT2D eigenvalue weighted by molar-refractivity contribution is 4.53. The molecule has 5 nitrogen and oxygen atoms in total. The number of rotatable bonds is 33. The van der Waals surface area contributed by atoms with E-state index in [1.807, 2.05) is 0 Å². The normalized spacial score (nSPS) is 12.0. The Morgan fingerprint density at radius 2 is 0.488 bits per heavy atom. The van der Waals surface area contributed by atoms with Crippen molar-refractivity contribution in [3.63, 3.8) is 0 Å². The summed E-state index contributed by atoms with van der Waals surface area (Å²) >= 11 is 0. The standard InChI is InChI=1S/C37H78N.ClHO4/c1-5-8-11-14-17-20-23-26-29-32-35-38(4,36-33-30-27-24-21-18-15-12-9-6-2)37-34-31-28-25-22-19-16-13-10-7-3;2-1(3,4)5/h5-37H2,1-4H3;(H,2,3,4,5)/q+1;. The molecule has 0 bridgehead atoms. The van der Waals surface area contributed by atoms with Crippen LogP contribution < -0.4 is 14.0 Å². The second kappa shape index (κ2) is 35.0. The minimum atomic E-state index is -4.69. The summed E-state index contributed by atoms with van der Waals surface area (Å²) in [7, 11) is -2.09. The van der Waals surface area contributed by atoms with Crippen LogP contribution in [-0.2, 0) is 0 Å². The summed E-state index contributed by atoms with van der Waals surface area (Å²) in [6.45, 7) is 11.3. The lowest BCUT2D eigenvalue weighted by atomic mass is 10.0. The van der Waals surface area contributed by atoms with Gasteiger partial charge < -0.3 is 4.48 Å². The first kappa shape index (κ1) is 45.2. The lowest BCUT2D eigenvalue weighted by Gasteiger charge is -2.35. The van der Waals surface area contributed by atoms with Gasteiger partial charge in [0.05, 0.1) is 41.6 Å². The molecule has 0 rings (SSSR count). The Balaban J connectivity index is 0. The summed E-state index contributed by atoms with van der Waals surface area (Å²) in [5.74, 6) is 0. The smallest absolute Gasteiger partial charge is 0.0784 e. The Morgan fingerprint density at radius 1 is 0.349 bits per heavy atom. The molecule has 0 aromatic rings. The van der Waals surface area contributed by atoms with Gasteiger partial charge >= 0.3 is 0 Å². The average Bonchev–Trinajstić information content (AvgIpc) is 2.95. The van der Waals surface area contributed by atoms with Gasteiger partial charge in [-0.15, -0.1) is 0 Å². The van der Waals surface area contributed by atoms with Crippen molar-refractivity contribution in [2.45, 2.75) is 213 Å². The van der Waals surface area contributed by atoms with Crippen molar-refractivity contribution in [2.75, 3.05) is 26.7 Å². The fourth-order valence-electron chi connectivity index (χ4n) is 6.28. The number of hydrogen-bond donors (Lipinski definition) is 1. The van der Waals surface area contributed by atoms with Crippen LogP contribution in [0.2, 0.25) is 0 Å². The highest BCUT2D eigenvalue weighted by atomic mass is 35.7. The van der Waals surface area contributed by atoms with E-state index in [1.54, 1.807) is 0 Å². The molecule has 0 aliphatic rings. The maximum atomic E-state index is 8.60. The molecule has 0 heterocycles. The Morgan fingerprint density at radius 3 is 0.651 bits per heavy atom. The number of hydrogen-bond acceptors (Lipinski definition) is 4. The van der Waals surface area contributed by atoms with Crippen molar-refractivity contribution in [2.24, 2.45) is 0 Å². The van der Waals surface area contributed by atoms with E-state index in [2.05, 4.69) is 27.8 Å². The quantitative estimate of drug-likeness (QED) is 0.0575. The highest BCUT2D eigenvalue weighted by Crippen LogP contribution is 2.18. The van der Waals surface area contributed by atoms with Crippen LogP contribution in [0.5, 0.6) is 0 Å². The predicted octanol–water partition coefficient (Wildman–Crippen LogP) is 9.07. The first-order chi connectivity index (χ1) is 20.7. The molecule has 43 heavy (non-hydrogen) atoms. The van der Waals surface area contributed by atoms with Gasteiger partial charge in [0.25, 0.3) is 0 Å². The van der Waals surface area contributed by atoms with Gasteiger partial charge in [0, 0.05) is 0 Å². The Bertz CT molecular complexity index is 450. The van der Waals surface area contributed by atoms with Gasteiger partial charge in [0.1, 0.15) is 0 Å². The van der Waals surface area contributed by atoms with Crippen LogP contribution in [0.15, 0.2) is 0 Å².